The van der Waals surface area contributed by atoms with Crippen molar-refractivity contribution in [3.05, 3.63) is 34.9 Å². The predicted molar refractivity (Wildman–Crippen MR) is 69.3 cm³/mol. The van der Waals surface area contributed by atoms with Crippen molar-refractivity contribution in [2.45, 2.75) is 46.1 Å². The monoisotopic (exact) mass is 217 g/mol. The van der Waals surface area contributed by atoms with E-state index in [4.69, 9.17) is 5.73 Å². The zero-order valence-electron chi connectivity index (χ0n) is 10.7. The molecule has 0 aromatic heterocycles. The third kappa shape index (κ3) is 2.15. The van der Waals surface area contributed by atoms with Gasteiger partial charge in [0.25, 0.3) is 0 Å². The molecule has 1 fully saturated rings. The van der Waals surface area contributed by atoms with Crippen LogP contribution in [0.1, 0.15) is 48.9 Å². The lowest BCUT2D eigenvalue weighted by Gasteiger charge is -2.25. The highest BCUT2D eigenvalue weighted by molar-refractivity contribution is 5.33. The molecule has 88 valence electrons. The largest absolute Gasteiger partial charge is 0.324 e. The van der Waals surface area contributed by atoms with Crippen LogP contribution in [0.5, 0.6) is 0 Å². The molecule has 0 aliphatic heterocycles. The summed E-state index contributed by atoms with van der Waals surface area (Å²) in [5, 5.41) is 0. The Bertz CT molecular complexity index is 370. The van der Waals surface area contributed by atoms with Crippen LogP contribution in [0.3, 0.4) is 0 Å². The van der Waals surface area contributed by atoms with Gasteiger partial charge in [-0.3, -0.25) is 0 Å². The highest BCUT2D eigenvalue weighted by Crippen LogP contribution is 2.39. The fourth-order valence-corrected chi connectivity index (χ4v) is 3.06. The van der Waals surface area contributed by atoms with E-state index >= 15 is 0 Å². The maximum atomic E-state index is 6.46. The second kappa shape index (κ2) is 4.58. The molecule has 0 amide bonds. The predicted octanol–water partition coefficient (Wildman–Crippen LogP) is 3.74. The number of nitrogens with two attached hydrogens (primary N) is 1. The fraction of sp³-hybridized carbons (Fsp3) is 0.600. The van der Waals surface area contributed by atoms with Gasteiger partial charge in [0.2, 0.25) is 0 Å². The van der Waals surface area contributed by atoms with Crippen LogP contribution in [0, 0.1) is 25.7 Å². The summed E-state index contributed by atoms with van der Waals surface area (Å²) >= 11 is 0. The van der Waals surface area contributed by atoms with Gasteiger partial charge < -0.3 is 5.73 Å². The Morgan fingerprint density at radius 2 is 2.00 bits per heavy atom. The fourth-order valence-electron chi connectivity index (χ4n) is 3.06. The van der Waals surface area contributed by atoms with E-state index in [2.05, 4.69) is 39.0 Å². The van der Waals surface area contributed by atoms with Crippen LogP contribution in [0.2, 0.25) is 0 Å². The minimum atomic E-state index is 0.234. The Morgan fingerprint density at radius 1 is 1.25 bits per heavy atom. The second-order valence-electron chi connectivity index (χ2n) is 5.46. The van der Waals surface area contributed by atoms with E-state index in [1.54, 1.807) is 0 Å². The van der Waals surface area contributed by atoms with Crippen molar-refractivity contribution in [1.29, 1.82) is 0 Å². The van der Waals surface area contributed by atoms with Gasteiger partial charge in [0.1, 0.15) is 0 Å². The summed E-state index contributed by atoms with van der Waals surface area (Å²) in [6, 6.07) is 6.87. The van der Waals surface area contributed by atoms with Crippen LogP contribution in [0.4, 0.5) is 0 Å². The summed E-state index contributed by atoms with van der Waals surface area (Å²) in [6.07, 6.45) is 4.00. The van der Waals surface area contributed by atoms with E-state index in [1.165, 1.54) is 36.0 Å². The van der Waals surface area contributed by atoms with Crippen molar-refractivity contribution in [3.63, 3.8) is 0 Å². The minimum absolute atomic E-state index is 0.234. The van der Waals surface area contributed by atoms with Crippen molar-refractivity contribution >= 4 is 0 Å². The van der Waals surface area contributed by atoms with Crippen LogP contribution in [-0.2, 0) is 0 Å². The molecule has 0 spiro atoms. The van der Waals surface area contributed by atoms with Crippen LogP contribution < -0.4 is 5.73 Å². The van der Waals surface area contributed by atoms with Crippen LogP contribution in [0.25, 0.3) is 0 Å². The number of hydrogen-bond donors (Lipinski definition) is 1. The zero-order chi connectivity index (χ0) is 11.7. The Balaban J connectivity index is 2.25. The Hall–Kier alpha value is -0.820. The second-order valence-corrected chi connectivity index (χ2v) is 5.46. The third-order valence-electron chi connectivity index (χ3n) is 4.18. The maximum absolute atomic E-state index is 6.46. The Labute approximate surface area is 99.0 Å². The maximum Gasteiger partial charge on any atom is 0.0328 e. The van der Waals surface area contributed by atoms with E-state index in [0.717, 1.165) is 5.92 Å². The van der Waals surface area contributed by atoms with Crippen LogP contribution in [0.15, 0.2) is 18.2 Å². The van der Waals surface area contributed by atoms with Gasteiger partial charge in [-0.15, -0.1) is 0 Å². The average Bonchev–Trinajstić information content (AvgIpc) is 2.67. The van der Waals surface area contributed by atoms with Gasteiger partial charge in [-0.25, -0.2) is 0 Å². The summed E-state index contributed by atoms with van der Waals surface area (Å²) in [5.74, 6) is 1.47. The quantitative estimate of drug-likeness (QED) is 0.802. The molecule has 1 aromatic carbocycles. The molecular formula is C15H23N. The number of benzene rings is 1. The molecule has 0 radical (unpaired) electrons. The third-order valence-corrected chi connectivity index (χ3v) is 4.18. The van der Waals surface area contributed by atoms with E-state index in [1.807, 2.05) is 0 Å². The summed E-state index contributed by atoms with van der Waals surface area (Å²) in [5.41, 5.74) is 10.5. The lowest BCUT2D eigenvalue weighted by atomic mass is 9.84. The molecule has 0 bridgehead atoms. The summed E-state index contributed by atoms with van der Waals surface area (Å²) < 4.78 is 0. The van der Waals surface area contributed by atoms with Crippen molar-refractivity contribution in [2.24, 2.45) is 17.6 Å². The lowest BCUT2D eigenvalue weighted by molar-refractivity contribution is 0.350. The summed E-state index contributed by atoms with van der Waals surface area (Å²) in [7, 11) is 0. The summed E-state index contributed by atoms with van der Waals surface area (Å²) in [6.45, 7) is 6.67. The first-order valence-electron chi connectivity index (χ1n) is 6.42. The molecule has 3 unspecified atom stereocenters. The highest BCUT2D eigenvalue weighted by atomic mass is 14.7. The molecule has 3 atom stereocenters. The zero-order valence-corrected chi connectivity index (χ0v) is 10.7. The van der Waals surface area contributed by atoms with Gasteiger partial charge >= 0.3 is 0 Å². The van der Waals surface area contributed by atoms with Gasteiger partial charge in [0.05, 0.1) is 0 Å². The molecular weight excluding hydrogens is 194 g/mol. The molecule has 1 aromatic rings. The molecule has 2 N–H and O–H groups in total. The number of hydrogen-bond acceptors (Lipinski definition) is 1. The standard InChI is InChI=1S/C15H23N/c1-10-7-8-12(3)14(9-10)15(16)13-6-4-5-11(13)2/h7-9,11,13,15H,4-6,16H2,1-3H3. The van der Waals surface area contributed by atoms with Crippen LogP contribution in [-0.4, -0.2) is 0 Å². The molecule has 1 heteroatoms. The summed E-state index contributed by atoms with van der Waals surface area (Å²) in [4.78, 5) is 0. The molecule has 1 aliphatic carbocycles. The normalized spacial score (nSPS) is 27.0. The molecule has 16 heavy (non-hydrogen) atoms. The average molecular weight is 217 g/mol. The number of rotatable bonds is 2. The lowest BCUT2D eigenvalue weighted by Crippen LogP contribution is -2.24. The minimum Gasteiger partial charge on any atom is -0.324 e. The topological polar surface area (TPSA) is 26.0 Å². The Morgan fingerprint density at radius 3 is 2.62 bits per heavy atom. The van der Waals surface area contributed by atoms with Crippen molar-refractivity contribution in [2.75, 3.05) is 0 Å². The van der Waals surface area contributed by atoms with Crippen molar-refractivity contribution < 1.29 is 0 Å². The van der Waals surface area contributed by atoms with Crippen molar-refractivity contribution in [3.8, 4) is 0 Å². The van der Waals surface area contributed by atoms with Gasteiger partial charge in [-0.2, -0.15) is 0 Å². The molecule has 0 heterocycles. The van der Waals surface area contributed by atoms with Gasteiger partial charge in [-0.1, -0.05) is 43.5 Å². The molecule has 0 saturated heterocycles. The van der Waals surface area contributed by atoms with E-state index in [0.29, 0.717) is 5.92 Å². The first-order chi connectivity index (χ1) is 7.59. The van der Waals surface area contributed by atoms with E-state index in [-0.39, 0.29) is 6.04 Å². The highest BCUT2D eigenvalue weighted by Gasteiger charge is 2.30. The van der Waals surface area contributed by atoms with E-state index < -0.39 is 0 Å². The molecule has 1 saturated carbocycles. The van der Waals surface area contributed by atoms with Crippen LogP contribution >= 0.6 is 0 Å². The molecule has 1 nitrogen and oxygen atoms in total. The first-order valence-corrected chi connectivity index (χ1v) is 6.42. The van der Waals surface area contributed by atoms with Gasteiger partial charge in [-0.05, 0) is 43.2 Å². The SMILES string of the molecule is Cc1ccc(C)c(C(N)C2CCCC2C)c1. The molecule has 2 rings (SSSR count). The molecule has 1 aliphatic rings. The van der Waals surface area contributed by atoms with Gasteiger partial charge in [0, 0.05) is 6.04 Å². The number of aryl methyl sites for hydroxylation is 2. The first kappa shape index (κ1) is 11.7. The Kier molecular flexibility index (Phi) is 3.34. The van der Waals surface area contributed by atoms with Gasteiger partial charge in [0.15, 0.2) is 0 Å². The smallest absolute Gasteiger partial charge is 0.0328 e. The van der Waals surface area contributed by atoms with Crippen molar-refractivity contribution in [1.82, 2.24) is 0 Å². The van der Waals surface area contributed by atoms with E-state index in [9.17, 15) is 0 Å².